The van der Waals surface area contributed by atoms with Crippen molar-refractivity contribution >= 4 is 16.0 Å². The van der Waals surface area contributed by atoms with Crippen LogP contribution in [-0.2, 0) is 23.0 Å². The molecule has 0 spiro atoms. The molecule has 1 aromatic heterocycles. The van der Waals surface area contributed by atoms with Crippen LogP contribution in [-0.4, -0.2) is 44.9 Å². The molecule has 1 aliphatic rings. The molecule has 2 heterocycles. The molecule has 0 saturated carbocycles. The molecule has 0 atom stereocenters. The van der Waals surface area contributed by atoms with E-state index >= 15 is 0 Å². The standard InChI is InChI=1S/C21H30N4O3S/c1-2-22-21(23-13-12-19-10-8-16-28-19)24-17-18-9-4-5-11-20(18)29(26,27)25-14-6-3-7-15-25/h4-5,8-11,16H,2-3,6-7,12-15,17H2,1H3,(H2,22,23,24). The Morgan fingerprint density at radius 3 is 2.62 bits per heavy atom. The molecule has 0 radical (unpaired) electrons. The van der Waals surface area contributed by atoms with Crippen molar-refractivity contribution in [2.75, 3.05) is 26.2 Å². The topological polar surface area (TPSA) is 86.9 Å². The van der Waals surface area contributed by atoms with Gasteiger partial charge in [-0.05, 0) is 43.5 Å². The summed E-state index contributed by atoms with van der Waals surface area (Å²) in [6.45, 7) is 4.87. The third-order valence-electron chi connectivity index (χ3n) is 4.90. The fourth-order valence-corrected chi connectivity index (χ4v) is 5.13. The molecular weight excluding hydrogens is 388 g/mol. The number of sulfonamides is 1. The molecule has 0 aliphatic carbocycles. The highest BCUT2D eigenvalue weighted by molar-refractivity contribution is 7.89. The summed E-state index contributed by atoms with van der Waals surface area (Å²) in [5.41, 5.74) is 0.710. The van der Waals surface area contributed by atoms with Crippen LogP contribution >= 0.6 is 0 Å². The maximum atomic E-state index is 13.1. The minimum Gasteiger partial charge on any atom is -0.469 e. The first-order valence-electron chi connectivity index (χ1n) is 10.2. The lowest BCUT2D eigenvalue weighted by molar-refractivity contribution is 0.346. The minimum absolute atomic E-state index is 0.291. The van der Waals surface area contributed by atoms with Gasteiger partial charge >= 0.3 is 0 Å². The number of aliphatic imine (C=N–C) groups is 1. The molecule has 8 heteroatoms. The lowest BCUT2D eigenvalue weighted by Crippen LogP contribution is -2.38. The summed E-state index contributed by atoms with van der Waals surface area (Å²) < 4.78 is 33.2. The first-order chi connectivity index (χ1) is 14.1. The van der Waals surface area contributed by atoms with E-state index in [1.807, 2.05) is 31.2 Å². The largest absolute Gasteiger partial charge is 0.469 e. The Bertz CT molecular complexity index is 888. The zero-order valence-corrected chi connectivity index (χ0v) is 17.7. The summed E-state index contributed by atoms with van der Waals surface area (Å²) in [7, 11) is -3.49. The second-order valence-electron chi connectivity index (χ2n) is 7.02. The van der Waals surface area contributed by atoms with E-state index in [-0.39, 0.29) is 0 Å². The summed E-state index contributed by atoms with van der Waals surface area (Å²) >= 11 is 0. The molecule has 2 N–H and O–H groups in total. The molecule has 1 saturated heterocycles. The number of rotatable bonds is 8. The van der Waals surface area contributed by atoms with Gasteiger partial charge in [-0.1, -0.05) is 24.6 Å². The maximum Gasteiger partial charge on any atom is 0.243 e. The number of hydrogen-bond donors (Lipinski definition) is 2. The Morgan fingerprint density at radius 2 is 1.90 bits per heavy atom. The Balaban J connectivity index is 1.70. The summed E-state index contributed by atoms with van der Waals surface area (Å²) in [6, 6.07) is 11.0. The second-order valence-corrected chi connectivity index (χ2v) is 8.93. The lowest BCUT2D eigenvalue weighted by Gasteiger charge is -2.26. The number of nitrogens with one attached hydrogen (secondary N) is 2. The smallest absolute Gasteiger partial charge is 0.243 e. The quantitative estimate of drug-likeness (QED) is 0.508. The molecule has 7 nitrogen and oxygen atoms in total. The van der Waals surface area contributed by atoms with Crippen molar-refractivity contribution in [3.05, 3.63) is 54.0 Å². The normalized spacial score (nSPS) is 16.0. The number of piperidine rings is 1. The Kier molecular flexibility index (Phi) is 7.71. The van der Waals surface area contributed by atoms with Crippen molar-refractivity contribution in [1.29, 1.82) is 0 Å². The van der Waals surface area contributed by atoms with E-state index in [9.17, 15) is 8.42 Å². The van der Waals surface area contributed by atoms with E-state index in [0.29, 0.717) is 42.6 Å². The molecule has 0 unspecified atom stereocenters. The van der Waals surface area contributed by atoms with Crippen molar-refractivity contribution in [3.63, 3.8) is 0 Å². The number of guanidine groups is 1. The molecule has 2 aromatic rings. The van der Waals surface area contributed by atoms with Gasteiger partial charge in [-0.2, -0.15) is 4.31 Å². The van der Waals surface area contributed by atoms with E-state index in [2.05, 4.69) is 15.6 Å². The van der Waals surface area contributed by atoms with E-state index < -0.39 is 10.0 Å². The van der Waals surface area contributed by atoms with Gasteiger partial charge in [0.2, 0.25) is 10.0 Å². The van der Waals surface area contributed by atoms with Crippen LogP contribution in [0.2, 0.25) is 0 Å². The fourth-order valence-electron chi connectivity index (χ4n) is 3.40. The zero-order valence-electron chi connectivity index (χ0n) is 16.9. The van der Waals surface area contributed by atoms with Crippen LogP contribution in [0.3, 0.4) is 0 Å². The average Bonchev–Trinajstić information content (AvgIpc) is 3.26. The first-order valence-corrected chi connectivity index (χ1v) is 11.7. The van der Waals surface area contributed by atoms with Crippen LogP contribution in [0.15, 0.2) is 57.0 Å². The number of benzene rings is 1. The van der Waals surface area contributed by atoms with Gasteiger partial charge in [0.15, 0.2) is 5.96 Å². The third-order valence-corrected chi connectivity index (χ3v) is 6.90. The Labute approximate surface area is 173 Å². The molecule has 158 valence electrons. The van der Waals surface area contributed by atoms with Crippen molar-refractivity contribution in [2.45, 2.75) is 44.0 Å². The molecule has 29 heavy (non-hydrogen) atoms. The monoisotopic (exact) mass is 418 g/mol. The Hall–Kier alpha value is -2.32. The van der Waals surface area contributed by atoms with E-state index in [1.165, 1.54) is 0 Å². The van der Waals surface area contributed by atoms with E-state index in [4.69, 9.17) is 4.42 Å². The molecular formula is C21H30N4O3S. The van der Waals surface area contributed by atoms with Gasteiger partial charge in [-0.3, -0.25) is 0 Å². The lowest BCUT2D eigenvalue weighted by atomic mass is 10.2. The predicted octanol–water partition coefficient (Wildman–Crippen LogP) is 2.75. The average molecular weight is 419 g/mol. The number of hydrogen-bond acceptors (Lipinski definition) is 4. The van der Waals surface area contributed by atoms with Gasteiger partial charge in [-0.15, -0.1) is 0 Å². The maximum absolute atomic E-state index is 13.1. The summed E-state index contributed by atoms with van der Waals surface area (Å²) in [5.74, 6) is 1.57. The number of furan rings is 1. The van der Waals surface area contributed by atoms with Gasteiger partial charge < -0.3 is 15.1 Å². The molecule has 0 amide bonds. The fraction of sp³-hybridized carbons (Fsp3) is 0.476. The van der Waals surface area contributed by atoms with Crippen LogP contribution in [0.25, 0.3) is 0 Å². The van der Waals surface area contributed by atoms with Crippen molar-refractivity contribution in [1.82, 2.24) is 14.9 Å². The predicted molar refractivity (Wildman–Crippen MR) is 114 cm³/mol. The van der Waals surface area contributed by atoms with Gasteiger partial charge in [0.05, 0.1) is 17.7 Å². The highest BCUT2D eigenvalue weighted by Crippen LogP contribution is 2.24. The molecule has 0 bridgehead atoms. The zero-order chi connectivity index (χ0) is 20.5. The van der Waals surface area contributed by atoms with Crippen LogP contribution in [0.4, 0.5) is 0 Å². The van der Waals surface area contributed by atoms with Crippen molar-refractivity contribution in [3.8, 4) is 0 Å². The van der Waals surface area contributed by atoms with E-state index in [0.717, 1.165) is 38.0 Å². The van der Waals surface area contributed by atoms with Gasteiger partial charge in [-0.25, -0.2) is 13.4 Å². The molecule has 1 aliphatic heterocycles. The Morgan fingerprint density at radius 1 is 1.10 bits per heavy atom. The van der Waals surface area contributed by atoms with Gasteiger partial charge in [0.1, 0.15) is 5.76 Å². The highest BCUT2D eigenvalue weighted by Gasteiger charge is 2.27. The van der Waals surface area contributed by atoms with Crippen LogP contribution in [0, 0.1) is 0 Å². The van der Waals surface area contributed by atoms with Crippen LogP contribution in [0.1, 0.15) is 37.5 Å². The summed E-state index contributed by atoms with van der Waals surface area (Å²) in [6.07, 6.45) is 5.34. The molecule has 1 fully saturated rings. The van der Waals surface area contributed by atoms with Gasteiger partial charge in [0.25, 0.3) is 0 Å². The first kappa shape index (κ1) is 21.4. The van der Waals surface area contributed by atoms with E-state index in [1.54, 1.807) is 22.7 Å². The van der Waals surface area contributed by atoms with Crippen LogP contribution < -0.4 is 10.6 Å². The second kappa shape index (κ2) is 10.5. The molecule has 3 rings (SSSR count). The van der Waals surface area contributed by atoms with Crippen molar-refractivity contribution < 1.29 is 12.8 Å². The number of nitrogens with zero attached hydrogens (tertiary/aromatic N) is 2. The SMILES string of the molecule is CCNC(=NCc1ccccc1S(=O)(=O)N1CCCCC1)NCCc1ccco1. The summed E-state index contributed by atoms with van der Waals surface area (Å²) in [4.78, 5) is 4.96. The van der Waals surface area contributed by atoms with Crippen LogP contribution in [0.5, 0.6) is 0 Å². The highest BCUT2D eigenvalue weighted by atomic mass is 32.2. The van der Waals surface area contributed by atoms with Gasteiger partial charge in [0, 0.05) is 32.6 Å². The minimum atomic E-state index is -3.49. The third kappa shape index (κ3) is 5.83. The molecule has 1 aromatic carbocycles. The summed E-state index contributed by atoms with van der Waals surface area (Å²) in [5, 5.41) is 6.47. The van der Waals surface area contributed by atoms with Crippen molar-refractivity contribution in [2.24, 2.45) is 4.99 Å².